The first-order chi connectivity index (χ1) is 14.0. The van der Waals surface area contributed by atoms with E-state index in [-0.39, 0.29) is 11.8 Å². The van der Waals surface area contributed by atoms with Gasteiger partial charge in [-0.05, 0) is 37.7 Å². The van der Waals surface area contributed by atoms with Crippen molar-refractivity contribution >= 4 is 40.2 Å². The summed E-state index contributed by atoms with van der Waals surface area (Å²) in [4.78, 5) is 47.8. The van der Waals surface area contributed by atoms with Gasteiger partial charge in [0, 0.05) is 29.7 Å². The Balaban J connectivity index is 0.000000303. The van der Waals surface area contributed by atoms with Crippen molar-refractivity contribution in [1.29, 1.82) is 0 Å². The Morgan fingerprint density at radius 1 is 1.10 bits per heavy atom. The molecule has 2 aromatic carbocycles. The third kappa shape index (κ3) is 5.10. The number of rotatable bonds is 6. The number of carbonyl (C=O) groups excluding carboxylic acids is 2. The number of imide groups is 1. The second kappa shape index (κ2) is 9.33. The lowest BCUT2D eigenvalue weighted by atomic mass is 9.93. The van der Waals surface area contributed by atoms with Crippen LogP contribution < -0.4 is 5.73 Å². The Morgan fingerprint density at radius 3 is 2.27 bits per heavy atom. The zero-order valence-corrected chi connectivity index (χ0v) is 16.5. The molecular formula is C20H23N3O7. The van der Waals surface area contributed by atoms with Crippen LogP contribution in [-0.4, -0.2) is 82.2 Å². The molecule has 30 heavy (non-hydrogen) atoms. The predicted molar refractivity (Wildman–Crippen MR) is 108 cm³/mol. The lowest BCUT2D eigenvalue weighted by Crippen LogP contribution is -2.43. The van der Waals surface area contributed by atoms with Crippen LogP contribution in [0.25, 0.3) is 10.8 Å². The van der Waals surface area contributed by atoms with Crippen molar-refractivity contribution in [2.75, 3.05) is 32.9 Å². The molecular weight excluding hydrogens is 394 g/mol. The number of carboxylic acid groups (broad SMARTS) is 2. The Kier molecular flexibility index (Phi) is 7.09. The number of likely N-dealkylation sites (N-methyl/N-ethyl adjacent to an activating group) is 1. The molecule has 0 saturated heterocycles. The summed E-state index contributed by atoms with van der Waals surface area (Å²) in [6.07, 6.45) is -2.54. The van der Waals surface area contributed by atoms with Gasteiger partial charge < -0.3 is 26.0 Å². The van der Waals surface area contributed by atoms with E-state index in [9.17, 15) is 19.2 Å². The van der Waals surface area contributed by atoms with Crippen molar-refractivity contribution < 1.29 is 34.5 Å². The van der Waals surface area contributed by atoms with Crippen LogP contribution in [0.1, 0.15) is 27.1 Å². The van der Waals surface area contributed by atoms with Gasteiger partial charge in [-0.2, -0.15) is 0 Å². The molecule has 160 valence electrons. The number of nitrogens with zero attached hydrogens (tertiary/aromatic N) is 2. The summed E-state index contributed by atoms with van der Waals surface area (Å²) in [5.41, 5.74) is 7.49. The third-order valence-electron chi connectivity index (χ3n) is 4.37. The van der Waals surface area contributed by atoms with E-state index < -0.39 is 24.5 Å². The van der Waals surface area contributed by atoms with Crippen molar-refractivity contribution in [2.45, 2.75) is 12.5 Å². The molecule has 2 aromatic rings. The van der Waals surface area contributed by atoms with Crippen LogP contribution in [0.2, 0.25) is 0 Å². The van der Waals surface area contributed by atoms with Gasteiger partial charge in [-0.15, -0.1) is 0 Å². The first-order valence-electron chi connectivity index (χ1n) is 8.98. The van der Waals surface area contributed by atoms with Crippen LogP contribution in [0.15, 0.2) is 30.3 Å². The Morgan fingerprint density at radius 2 is 1.73 bits per heavy atom. The molecule has 2 amide bonds. The Labute approximate surface area is 172 Å². The van der Waals surface area contributed by atoms with Gasteiger partial charge in [0.2, 0.25) is 0 Å². The van der Waals surface area contributed by atoms with Crippen molar-refractivity contribution in [3.05, 3.63) is 41.5 Å². The van der Waals surface area contributed by atoms with Gasteiger partial charge >= 0.3 is 11.9 Å². The smallest absolute Gasteiger partial charge is 0.333 e. The standard InChI is InChI=1S/C16H17N3O2.C4H6O5/c1-18(2)6-7-19-15(20)12-5-3-4-10-8-11(17)9-13(14(10)12)16(19)21;5-2(4(8)9)1-3(6)7/h3-5,8-9H,6-7,17H2,1-2H3;2,5H,1H2,(H,6,7)(H,8,9). The third-order valence-corrected chi connectivity index (χ3v) is 4.37. The lowest BCUT2D eigenvalue weighted by Gasteiger charge is -2.28. The molecule has 0 saturated carbocycles. The molecule has 0 bridgehead atoms. The van der Waals surface area contributed by atoms with E-state index in [0.717, 1.165) is 5.39 Å². The van der Waals surface area contributed by atoms with Gasteiger partial charge in [0.05, 0.1) is 12.0 Å². The number of aliphatic carboxylic acids is 2. The lowest BCUT2D eigenvalue weighted by molar-refractivity contribution is -0.152. The van der Waals surface area contributed by atoms with Crippen molar-refractivity contribution in [3.8, 4) is 0 Å². The average Bonchev–Trinajstić information content (AvgIpc) is 2.65. The maximum absolute atomic E-state index is 12.6. The van der Waals surface area contributed by atoms with Gasteiger partial charge in [0.25, 0.3) is 11.8 Å². The fourth-order valence-corrected chi connectivity index (χ4v) is 2.94. The van der Waals surface area contributed by atoms with E-state index in [2.05, 4.69) is 0 Å². The number of nitrogens with two attached hydrogens (primary N) is 1. The highest BCUT2D eigenvalue weighted by atomic mass is 16.4. The van der Waals surface area contributed by atoms with Crippen LogP contribution in [-0.2, 0) is 9.59 Å². The molecule has 0 radical (unpaired) electrons. The minimum absolute atomic E-state index is 0.232. The molecule has 1 atom stereocenters. The summed E-state index contributed by atoms with van der Waals surface area (Å²) in [6.45, 7) is 1.00. The summed E-state index contributed by atoms with van der Waals surface area (Å²) in [7, 11) is 3.82. The minimum atomic E-state index is -1.79. The molecule has 10 nitrogen and oxygen atoms in total. The second-order valence-corrected chi connectivity index (χ2v) is 6.99. The molecule has 0 fully saturated rings. The SMILES string of the molecule is CN(C)CCN1C(=O)c2cccc3cc(N)cc(c23)C1=O.O=C(O)CC(O)C(=O)O. The zero-order chi connectivity index (χ0) is 22.6. The van der Waals surface area contributed by atoms with Crippen LogP contribution in [0, 0.1) is 0 Å². The summed E-state index contributed by atoms with van der Waals surface area (Å²) >= 11 is 0. The van der Waals surface area contributed by atoms with Crippen LogP contribution in [0.5, 0.6) is 0 Å². The topological polar surface area (TPSA) is 161 Å². The number of hydrogen-bond donors (Lipinski definition) is 4. The fourth-order valence-electron chi connectivity index (χ4n) is 2.94. The number of anilines is 1. The molecule has 1 heterocycles. The zero-order valence-electron chi connectivity index (χ0n) is 16.5. The number of nitrogen functional groups attached to an aromatic ring is 1. The molecule has 1 unspecified atom stereocenters. The summed E-state index contributed by atoms with van der Waals surface area (Å²) < 4.78 is 0. The summed E-state index contributed by atoms with van der Waals surface area (Å²) in [6, 6.07) is 8.90. The number of aliphatic hydroxyl groups is 1. The van der Waals surface area contributed by atoms with Gasteiger partial charge in [0.15, 0.2) is 6.10 Å². The van der Waals surface area contributed by atoms with Gasteiger partial charge in [-0.25, -0.2) is 4.79 Å². The van der Waals surface area contributed by atoms with E-state index in [1.807, 2.05) is 31.1 Å². The number of hydrogen-bond acceptors (Lipinski definition) is 7. The Hall–Kier alpha value is -3.50. The predicted octanol–water partition coefficient (Wildman–Crippen LogP) is 0.486. The van der Waals surface area contributed by atoms with Crippen molar-refractivity contribution in [2.24, 2.45) is 0 Å². The molecule has 1 aliphatic rings. The van der Waals surface area contributed by atoms with Gasteiger partial charge in [-0.3, -0.25) is 19.3 Å². The van der Waals surface area contributed by atoms with E-state index in [1.165, 1.54) is 4.90 Å². The van der Waals surface area contributed by atoms with Crippen LogP contribution >= 0.6 is 0 Å². The highest BCUT2D eigenvalue weighted by Crippen LogP contribution is 2.31. The van der Waals surface area contributed by atoms with E-state index >= 15 is 0 Å². The first kappa shape index (κ1) is 22.8. The van der Waals surface area contributed by atoms with E-state index in [0.29, 0.717) is 35.3 Å². The average molecular weight is 417 g/mol. The molecule has 1 aliphatic heterocycles. The number of aliphatic hydroxyl groups excluding tert-OH is 1. The minimum Gasteiger partial charge on any atom is -0.481 e. The van der Waals surface area contributed by atoms with Crippen molar-refractivity contribution in [1.82, 2.24) is 9.80 Å². The van der Waals surface area contributed by atoms with Crippen molar-refractivity contribution in [3.63, 3.8) is 0 Å². The summed E-state index contributed by atoms with van der Waals surface area (Å²) in [5.74, 6) is -3.34. The van der Waals surface area contributed by atoms with Gasteiger partial charge in [0.1, 0.15) is 0 Å². The molecule has 10 heteroatoms. The number of benzene rings is 2. The molecule has 0 aliphatic carbocycles. The molecule has 5 N–H and O–H groups in total. The Bertz CT molecular complexity index is 1000. The number of carbonyl (C=O) groups is 4. The quantitative estimate of drug-likeness (QED) is 0.387. The summed E-state index contributed by atoms with van der Waals surface area (Å²) in [5, 5.41) is 25.7. The monoisotopic (exact) mass is 417 g/mol. The fraction of sp³-hybridized carbons (Fsp3) is 0.300. The number of amides is 2. The second-order valence-electron chi connectivity index (χ2n) is 6.99. The number of carboxylic acids is 2. The van der Waals surface area contributed by atoms with Crippen LogP contribution in [0.4, 0.5) is 5.69 Å². The normalized spacial score (nSPS) is 13.8. The van der Waals surface area contributed by atoms with E-state index in [4.69, 9.17) is 21.1 Å². The molecule has 3 rings (SSSR count). The maximum Gasteiger partial charge on any atom is 0.333 e. The molecule has 0 spiro atoms. The van der Waals surface area contributed by atoms with Crippen LogP contribution in [0.3, 0.4) is 0 Å². The maximum atomic E-state index is 12.6. The first-order valence-corrected chi connectivity index (χ1v) is 8.98. The van der Waals surface area contributed by atoms with Gasteiger partial charge in [-0.1, -0.05) is 12.1 Å². The molecule has 0 aromatic heterocycles. The highest BCUT2D eigenvalue weighted by molar-refractivity contribution is 6.25. The highest BCUT2D eigenvalue weighted by Gasteiger charge is 2.32. The van der Waals surface area contributed by atoms with E-state index in [1.54, 1.807) is 18.2 Å². The largest absolute Gasteiger partial charge is 0.481 e.